The van der Waals surface area contributed by atoms with E-state index in [1.54, 1.807) is 0 Å². The number of aliphatic hydroxyl groups is 1. The number of fused-ring (bicyclic) bond motifs is 5. The second-order valence-electron chi connectivity index (χ2n) is 11.7. The molecule has 0 aliphatic heterocycles. The highest BCUT2D eigenvalue weighted by molar-refractivity contribution is 7.99. The summed E-state index contributed by atoms with van der Waals surface area (Å²) in [6, 6.07) is -0.604. The summed E-state index contributed by atoms with van der Waals surface area (Å²) in [5.41, 5.74) is 7.02. The van der Waals surface area contributed by atoms with Gasteiger partial charge in [0.2, 0.25) is 11.8 Å². The number of phenolic OH excluding ortho intramolecular Hbond substituents is 2. The molecule has 1 aromatic carbocycles. The Morgan fingerprint density at radius 1 is 1.12 bits per heavy atom. The smallest absolute Gasteiger partial charge is 0.322 e. The van der Waals surface area contributed by atoms with Gasteiger partial charge in [-0.1, -0.05) is 6.92 Å². The standard InChI is InChI=1S/C28H39N3O9S/c1-28-9-8-13-14(17(28)4-6-21(28)32)2-3-15-16(13)10-20(25(37)24(15)36)41-12-19(26(38)30-11-23(34)35)31-22(33)7-5-18(29)27(39)40/h10,13-14,17-19,21,32,36-37H,2-9,11-12,29H2,1H3,(H,30,38)(H,31,33)(H,34,35)(H,39,40)/t13-,14+,17-,18?,19-,21-,28-/m0/s1. The molecule has 0 spiro atoms. The van der Waals surface area contributed by atoms with E-state index in [2.05, 4.69) is 17.6 Å². The highest BCUT2D eigenvalue weighted by Crippen LogP contribution is 2.62. The lowest BCUT2D eigenvalue weighted by Crippen LogP contribution is -2.49. The third kappa shape index (κ3) is 6.41. The second-order valence-corrected chi connectivity index (χ2v) is 12.8. The number of thioether (sulfide) groups is 1. The lowest BCUT2D eigenvalue weighted by molar-refractivity contribution is -0.139. The molecule has 1 unspecified atom stereocenters. The van der Waals surface area contributed by atoms with Gasteiger partial charge < -0.3 is 41.9 Å². The molecule has 2 fully saturated rings. The van der Waals surface area contributed by atoms with Crippen molar-refractivity contribution < 1.29 is 44.7 Å². The number of hydrogen-bond acceptors (Lipinski definition) is 9. The van der Waals surface area contributed by atoms with Gasteiger partial charge in [0.05, 0.1) is 11.0 Å². The molecule has 41 heavy (non-hydrogen) atoms. The quantitative estimate of drug-likeness (QED) is 0.135. The highest BCUT2D eigenvalue weighted by atomic mass is 32.2. The van der Waals surface area contributed by atoms with Crippen LogP contribution in [-0.4, -0.2) is 79.8 Å². The minimum Gasteiger partial charge on any atom is -0.504 e. The van der Waals surface area contributed by atoms with Gasteiger partial charge in [0.25, 0.3) is 0 Å². The van der Waals surface area contributed by atoms with Crippen LogP contribution in [0.4, 0.5) is 0 Å². The minimum atomic E-state index is -1.27. The largest absolute Gasteiger partial charge is 0.504 e. The van der Waals surface area contributed by atoms with Gasteiger partial charge in [0, 0.05) is 17.7 Å². The Morgan fingerprint density at radius 3 is 2.54 bits per heavy atom. The van der Waals surface area contributed by atoms with E-state index in [0.29, 0.717) is 28.7 Å². The maximum Gasteiger partial charge on any atom is 0.322 e. The fraction of sp³-hybridized carbons (Fsp3) is 0.643. The first-order valence-electron chi connectivity index (χ1n) is 14.0. The average molecular weight is 594 g/mol. The summed E-state index contributed by atoms with van der Waals surface area (Å²) in [5, 5.41) is 55.1. The van der Waals surface area contributed by atoms with Crippen molar-refractivity contribution >= 4 is 35.5 Å². The highest BCUT2D eigenvalue weighted by Gasteiger charge is 2.54. The van der Waals surface area contributed by atoms with E-state index in [0.717, 1.165) is 49.4 Å². The molecule has 0 bridgehead atoms. The molecular weight excluding hydrogens is 554 g/mol. The number of carboxylic acids is 2. The van der Waals surface area contributed by atoms with Crippen molar-refractivity contribution in [2.75, 3.05) is 12.3 Å². The van der Waals surface area contributed by atoms with Crippen LogP contribution in [0.25, 0.3) is 0 Å². The molecule has 3 aliphatic rings. The number of aromatic hydroxyl groups is 2. The van der Waals surface area contributed by atoms with Crippen LogP contribution >= 0.6 is 11.8 Å². The Labute approximate surface area is 242 Å². The van der Waals surface area contributed by atoms with Crippen molar-refractivity contribution in [3.63, 3.8) is 0 Å². The first-order chi connectivity index (χ1) is 19.3. The number of benzene rings is 1. The zero-order valence-electron chi connectivity index (χ0n) is 23.0. The Balaban J connectivity index is 1.52. The Hall–Kier alpha value is -3.03. The van der Waals surface area contributed by atoms with Crippen molar-refractivity contribution in [1.29, 1.82) is 0 Å². The van der Waals surface area contributed by atoms with Crippen molar-refractivity contribution in [3.8, 4) is 11.5 Å². The molecule has 12 nitrogen and oxygen atoms in total. The van der Waals surface area contributed by atoms with E-state index in [9.17, 15) is 34.5 Å². The fourth-order valence-corrected chi connectivity index (χ4v) is 8.10. The monoisotopic (exact) mass is 593 g/mol. The molecule has 4 rings (SSSR count). The van der Waals surface area contributed by atoms with Crippen LogP contribution in [-0.2, 0) is 25.6 Å². The molecule has 0 aromatic heterocycles. The number of carbonyl (C=O) groups excluding carboxylic acids is 2. The number of aliphatic carboxylic acids is 2. The van der Waals surface area contributed by atoms with E-state index < -0.39 is 42.4 Å². The molecule has 226 valence electrons. The van der Waals surface area contributed by atoms with Gasteiger partial charge in [-0.3, -0.25) is 19.2 Å². The molecule has 3 aliphatic carbocycles. The summed E-state index contributed by atoms with van der Waals surface area (Å²) >= 11 is 1.04. The maximum absolute atomic E-state index is 12.7. The van der Waals surface area contributed by atoms with E-state index in [4.69, 9.17) is 15.9 Å². The number of carbonyl (C=O) groups is 4. The van der Waals surface area contributed by atoms with Crippen LogP contribution < -0.4 is 16.4 Å². The topological polar surface area (TPSA) is 220 Å². The van der Waals surface area contributed by atoms with E-state index in [1.165, 1.54) is 0 Å². The SMILES string of the molecule is C[C@]12CC[C@@H]3c4cc(SC[C@H](NC(=O)CCC(N)C(=O)O)C(=O)NCC(=O)O)c(O)c(O)c4CC[C@H]3[C@@H]1CC[C@@H]2O. The van der Waals surface area contributed by atoms with Gasteiger partial charge in [-0.05, 0) is 79.7 Å². The molecule has 0 radical (unpaired) electrons. The van der Waals surface area contributed by atoms with Gasteiger partial charge >= 0.3 is 11.9 Å². The number of hydrogen-bond donors (Lipinski definition) is 8. The zero-order valence-corrected chi connectivity index (χ0v) is 23.8. The molecular formula is C28H39N3O9S. The summed E-state index contributed by atoms with van der Waals surface area (Å²) in [6.45, 7) is 1.51. The van der Waals surface area contributed by atoms with Gasteiger partial charge in [-0.15, -0.1) is 11.8 Å². The second kappa shape index (κ2) is 12.5. The van der Waals surface area contributed by atoms with E-state index in [1.807, 2.05) is 6.07 Å². The molecule has 0 saturated heterocycles. The minimum absolute atomic E-state index is 0.0883. The van der Waals surface area contributed by atoms with Crippen LogP contribution in [0.2, 0.25) is 0 Å². The summed E-state index contributed by atoms with van der Waals surface area (Å²) in [6.07, 6.45) is 4.22. The molecule has 0 heterocycles. The lowest BCUT2D eigenvalue weighted by Gasteiger charge is -2.50. The predicted molar refractivity (Wildman–Crippen MR) is 149 cm³/mol. The maximum atomic E-state index is 12.7. The van der Waals surface area contributed by atoms with Crippen LogP contribution in [0.1, 0.15) is 68.9 Å². The summed E-state index contributed by atoms with van der Waals surface area (Å²) in [5.74, 6) is -3.63. The third-order valence-electron chi connectivity index (χ3n) is 9.36. The van der Waals surface area contributed by atoms with Crippen LogP contribution in [0.3, 0.4) is 0 Å². The number of aliphatic hydroxyl groups excluding tert-OH is 1. The molecule has 7 atom stereocenters. The number of rotatable bonds is 11. The molecule has 2 saturated carbocycles. The van der Waals surface area contributed by atoms with Crippen LogP contribution in [0.5, 0.6) is 11.5 Å². The Kier molecular flexibility index (Phi) is 9.39. The molecule has 1 aromatic rings. The molecule has 2 amide bonds. The van der Waals surface area contributed by atoms with Crippen LogP contribution in [0, 0.1) is 17.3 Å². The average Bonchev–Trinajstić information content (AvgIpc) is 3.24. The third-order valence-corrected chi connectivity index (χ3v) is 10.5. The van der Waals surface area contributed by atoms with E-state index >= 15 is 0 Å². The predicted octanol–water partition coefficient (Wildman–Crippen LogP) is 1.28. The fourth-order valence-electron chi connectivity index (χ4n) is 7.07. The van der Waals surface area contributed by atoms with Gasteiger partial charge in [0.15, 0.2) is 11.5 Å². The van der Waals surface area contributed by atoms with Crippen molar-refractivity contribution in [2.24, 2.45) is 23.0 Å². The van der Waals surface area contributed by atoms with Crippen LogP contribution in [0.15, 0.2) is 11.0 Å². The van der Waals surface area contributed by atoms with Gasteiger partial charge in [-0.2, -0.15) is 0 Å². The van der Waals surface area contributed by atoms with Gasteiger partial charge in [0.1, 0.15) is 18.6 Å². The normalized spacial score (nSPS) is 28.0. The number of phenols is 2. The molecule has 13 heteroatoms. The molecule has 9 N–H and O–H groups in total. The van der Waals surface area contributed by atoms with Crippen molar-refractivity contribution in [2.45, 2.75) is 87.3 Å². The van der Waals surface area contributed by atoms with Gasteiger partial charge in [-0.25, -0.2) is 0 Å². The number of carboxylic acid groups (broad SMARTS) is 2. The Bertz CT molecular complexity index is 1210. The van der Waals surface area contributed by atoms with Crippen molar-refractivity contribution in [1.82, 2.24) is 10.6 Å². The summed E-state index contributed by atoms with van der Waals surface area (Å²) in [4.78, 5) is 47.4. The summed E-state index contributed by atoms with van der Waals surface area (Å²) < 4.78 is 0. The zero-order chi connectivity index (χ0) is 30.1. The van der Waals surface area contributed by atoms with E-state index in [-0.39, 0.29) is 47.5 Å². The number of amides is 2. The Morgan fingerprint density at radius 2 is 1.85 bits per heavy atom. The number of nitrogens with one attached hydrogen (secondary N) is 2. The number of nitrogens with two attached hydrogens (primary N) is 1. The summed E-state index contributed by atoms with van der Waals surface area (Å²) in [7, 11) is 0. The first-order valence-corrected chi connectivity index (χ1v) is 15.0. The first kappa shape index (κ1) is 30.9. The lowest BCUT2D eigenvalue weighted by atomic mass is 9.55. The van der Waals surface area contributed by atoms with Crippen molar-refractivity contribution in [3.05, 3.63) is 17.2 Å².